The molecule has 0 bridgehead atoms. The largest absolute Gasteiger partial charge is 0.330 e. The van der Waals surface area contributed by atoms with Crippen LogP contribution in [0.5, 0.6) is 0 Å². The molecule has 1 aromatic heterocycles. The first kappa shape index (κ1) is 13.1. The molecule has 2 aromatic rings. The van der Waals surface area contributed by atoms with Gasteiger partial charge in [0.05, 0.1) is 11.0 Å². The van der Waals surface area contributed by atoms with Crippen molar-refractivity contribution in [2.75, 3.05) is 6.54 Å². The zero-order chi connectivity index (χ0) is 13.0. The van der Waals surface area contributed by atoms with Crippen molar-refractivity contribution in [3.05, 3.63) is 30.1 Å². The van der Waals surface area contributed by atoms with E-state index in [9.17, 15) is 0 Å². The second kappa shape index (κ2) is 6.01. The van der Waals surface area contributed by atoms with E-state index >= 15 is 0 Å². The quantitative estimate of drug-likeness (QED) is 0.794. The molecule has 18 heavy (non-hydrogen) atoms. The Balaban J connectivity index is 2.23. The lowest BCUT2D eigenvalue weighted by Gasteiger charge is -2.12. The van der Waals surface area contributed by atoms with Gasteiger partial charge in [-0.05, 0) is 45.4 Å². The molecule has 0 saturated heterocycles. The van der Waals surface area contributed by atoms with Gasteiger partial charge in [0.1, 0.15) is 5.82 Å². The molecule has 0 radical (unpaired) electrons. The van der Waals surface area contributed by atoms with Gasteiger partial charge in [0.15, 0.2) is 0 Å². The maximum atomic E-state index is 5.53. The number of para-hydroxylation sites is 2. The first-order chi connectivity index (χ1) is 8.74. The molecule has 0 amide bonds. The number of aryl methyl sites for hydroxylation is 1. The number of hydrogen-bond acceptors (Lipinski definition) is 2. The molecular formula is C15H23N3. The van der Waals surface area contributed by atoms with Crippen LogP contribution in [-0.4, -0.2) is 16.1 Å². The highest BCUT2D eigenvalue weighted by molar-refractivity contribution is 5.76. The van der Waals surface area contributed by atoms with Crippen molar-refractivity contribution in [2.45, 2.75) is 45.6 Å². The summed E-state index contributed by atoms with van der Waals surface area (Å²) < 4.78 is 2.36. The Bertz CT molecular complexity index is 499. The number of benzene rings is 1. The molecule has 0 aliphatic carbocycles. The topological polar surface area (TPSA) is 43.8 Å². The van der Waals surface area contributed by atoms with Crippen LogP contribution in [0.25, 0.3) is 11.0 Å². The fourth-order valence-corrected chi connectivity index (χ4v) is 2.45. The minimum Gasteiger partial charge on any atom is -0.330 e. The normalized spacial score (nSPS) is 11.6. The minimum atomic E-state index is 0.460. The Morgan fingerprint density at radius 3 is 2.67 bits per heavy atom. The third-order valence-electron chi connectivity index (χ3n) is 3.29. The van der Waals surface area contributed by atoms with Gasteiger partial charge in [-0.15, -0.1) is 0 Å². The zero-order valence-electron chi connectivity index (χ0n) is 11.4. The third-order valence-corrected chi connectivity index (χ3v) is 3.29. The van der Waals surface area contributed by atoms with Crippen LogP contribution < -0.4 is 5.73 Å². The highest BCUT2D eigenvalue weighted by atomic mass is 15.1. The van der Waals surface area contributed by atoms with Gasteiger partial charge in [0.2, 0.25) is 0 Å². The Kier molecular flexibility index (Phi) is 4.37. The molecule has 2 N–H and O–H groups in total. The average molecular weight is 245 g/mol. The van der Waals surface area contributed by atoms with Crippen LogP contribution in [0.1, 0.15) is 45.0 Å². The molecule has 0 spiro atoms. The maximum Gasteiger partial charge on any atom is 0.110 e. The number of aromatic nitrogens is 2. The van der Waals surface area contributed by atoms with E-state index in [4.69, 9.17) is 10.7 Å². The molecule has 0 saturated carbocycles. The maximum absolute atomic E-state index is 5.53. The molecule has 3 heteroatoms. The summed E-state index contributed by atoms with van der Waals surface area (Å²) in [5.41, 5.74) is 7.89. The summed E-state index contributed by atoms with van der Waals surface area (Å²) in [4.78, 5) is 4.76. The predicted molar refractivity (Wildman–Crippen MR) is 76.7 cm³/mol. The summed E-state index contributed by atoms with van der Waals surface area (Å²) in [6, 6.07) is 8.85. The van der Waals surface area contributed by atoms with Gasteiger partial charge in [-0.1, -0.05) is 18.6 Å². The Hall–Kier alpha value is -1.35. The van der Waals surface area contributed by atoms with Gasteiger partial charge < -0.3 is 10.3 Å². The number of unbranched alkanes of at least 4 members (excludes halogenated alkanes) is 2. The van der Waals surface area contributed by atoms with Crippen molar-refractivity contribution in [2.24, 2.45) is 5.73 Å². The molecule has 98 valence electrons. The van der Waals surface area contributed by atoms with Crippen molar-refractivity contribution in [1.29, 1.82) is 0 Å². The van der Waals surface area contributed by atoms with Crippen molar-refractivity contribution in [3.8, 4) is 0 Å². The van der Waals surface area contributed by atoms with E-state index < -0.39 is 0 Å². The first-order valence-electron chi connectivity index (χ1n) is 6.90. The van der Waals surface area contributed by atoms with Crippen LogP contribution >= 0.6 is 0 Å². The number of rotatable bonds is 6. The van der Waals surface area contributed by atoms with Crippen LogP contribution in [0.2, 0.25) is 0 Å². The van der Waals surface area contributed by atoms with E-state index in [1.54, 1.807) is 0 Å². The second-order valence-corrected chi connectivity index (χ2v) is 5.08. The monoisotopic (exact) mass is 245 g/mol. The average Bonchev–Trinajstić information content (AvgIpc) is 2.73. The summed E-state index contributed by atoms with van der Waals surface area (Å²) in [6.45, 7) is 5.23. The Morgan fingerprint density at radius 2 is 1.94 bits per heavy atom. The lowest BCUT2D eigenvalue weighted by atomic mass is 10.2. The first-order valence-corrected chi connectivity index (χ1v) is 6.90. The molecule has 1 aromatic carbocycles. The third kappa shape index (κ3) is 2.72. The summed E-state index contributed by atoms with van der Waals surface area (Å²) in [5, 5.41) is 0. The van der Waals surface area contributed by atoms with Crippen molar-refractivity contribution in [1.82, 2.24) is 9.55 Å². The van der Waals surface area contributed by atoms with Crippen molar-refractivity contribution in [3.63, 3.8) is 0 Å². The van der Waals surface area contributed by atoms with E-state index in [1.165, 1.54) is 24.2 Å². The van der Waals surface area contributed by atoms with E-state index in [1.807, 2.05) is 0 Å². The van der Waals surface area contributed by atoms with Crippen LogP contribution in [0.15, 0.2) is 24.3 Å². The molecule has 0 unspecified atom stereocenters. The Morgan fingerprint density at radius 1 is 1.17 bits per heavy atom. The predicted octanol–water partition coefficient (Wildman–Crippen LogP) is 3.29. The molecule has 3 nitrogen and oxygen atoms in total. The molecular weight excluding hydrogens is 222 g/mol. The summed E-state index contributed by atoms with van der Waals surface area (Å²) >= 11 is 0. The minimum absolute atomic E-state index is 0.460. The number of nitrogens with zero attached hydrogens (tertiary/aromatic N) is 2. The number of imidazole rings is 1. The van der Waals surface area contributed by atoms with E-state index in [0.717, 1.165) is 24.9 Å². The molecule has 0 atom stereocenters. The molecule has 0 fully saturated rings. The van der Waals surface area contributed by atoms with Crippen molar-refractivity contribution >= 4 is 11.0 Å². The molecule has 1 heterocycles. The molecule has 0 aliphatic heterocycles. The van der Waals surface area contributed by atoms with Gasteiger partial charge >= 0.3 is 0 Å². The van der Waals surface area contributed by atoms with Gasteiger partial charge in [0, 0.05) is 12.5 Å². The van der Waals surface area contributed by atoms with Crippen LogP contribution in [0.4, 0.5) is 0 Å². The van der Waals surface area contributed by atoms with Gasteiger partial charge in [-0.3, -0.25) is 0 Å². The van der Waals surface area contributed by atoms with Crippen LogP contribution in [0, 0.1) is 0 Å². The SMILES string of the molecule is CC(C)n1c(CCCCCN)nc2ccccc21. The lowest BCUT2D eigenvalue weighted by Crippen LogP contribution is -2.06. The number of fused-ring (bicyclic) bond motifs is 1. The van der Waals surface area contributed by atoms with Gasteiger partial charge in [-0.25, -0.2) is 4.98 Å². The highest BCUT2D eigenvalue weighted by Gasteiger charge is 2.12. The number of hydrogen-bond donors (Lipinski definition) is 1. The van der Waals surface area contributed by atoms with Crippen LogP contribution in [0.3, 0.4) is 0 Å². The molecule has 2 rings (SSSR count). The second-order valence-electron chi connectivity index (χ2n) is 5.08. The fraction of sp³-hybridized carbons (Fsp3) is 0.533. The zero-order valence-corrected chi connectivity index (χ0v) is 11.4. The Labute approximate surface area is 109 Å². The number of nitrogens with two attached hydrogens (primary N) is 1. The van der Waals surface area contributed by atoms with Gasteiger partial charge in [0.25, 0.3) is 0 Å². The van der Waals surface area contributed by atoms with Crippen molar-refractivity contribution < 1.29 is 0 Å². The highest BCUT2D eigenvalue weighted by Crippen LogP contribution is 2.22. The van der Waals surface area contributed by atoms with E-state index in [2.05, 4.69) is 42.7 Å². The smallest absolute Gasteiger partial charge is 0.110 e. The van der Waals surface area contributed by atoms with Crippen LogP contribution in [-0.2, 0) is 6.42 Å². The molecule has 0 aliphatic rings. The summed E-state index contributed by atoms with van der Waals surface area (Å²) in [5.74, 6) is 1.21. The van der Waals surface area contributed by atoms with Gasteiger partial charge in [-0.2, -0.15) is 0 Å². The standard InChI is InChI=1S/C15H23N3/c1-12(2)18-14-9-6-5-8-13(14)17-15(18)10-4-3-7-11-16/h5-6,8-9,12H,3-4,7,10-11,16H2,1-2H3. The fourth-order valence-electron chi connectivity index (χ4n) is 2.45. The van der Waals surface area contributed by atoms with E-state index in [-0.39, 0.29) is 0 Å². The van der Waals surface area contributed by atoms with E-state index in [0.29, 0.717) is 6.04 Å². The summed E-state index contributed by atoms with van der Waals surface area (Å²) in [6.07, 6.45) is 4.53. The summed E-state index contributed by atoms with van der Waals surface area (Å²) in [7, 11) is 0. The lowest BCUT2D eigenvalue weighted by molar-refractivity contribution is 0.566.